The zero-order chi connectivity index (χ0) is 12.8. The Balaban J connectivity index is 2.61. The van der Waals surface area contributed by atoms with Gasteiger partial charge in [-0.15, -0.1) is 0 Å². The van der Waals surface area contributed by atoms with Crippen molar-refractivity contribution in [1.29, 1.82) is 0 Å². The van der Waals surface area contributed by atoms with Crippen molar-refractivity contribution >= 4 is 33.4 Å². The standard InChI is InChI=1S/C12H15BrN2O2/c1-12(2)6-15(11(16)17-3)10-8(12)4-7(13)5-9(10)14/h4-5H,6,14H2,1-3H3. The van der Waals surface area contributed by atoms with Crippen LogP contribution in [0, 0.1) is 0 Å². The Labute approximate surface area is 109 Å². The largest absolute Gasteiger partial charge is 0.452 e. The first-order chi connectivity index (χ1) is 7.86. The number of anilines is 2. The van der Waals surface area contributed by atoms with Crippen molar-refractivity contribution in [3.8, 4) is 0 Å². The first-order valence-corrected chi connectivity index (χ1v) is 6.11. The second-order valence-electron chi connectivity index (χ2n) is 4.83. The molecule has 92 valence electrons. The van der Waals surface area contributed by atoms with E-state index in [1.54, 1.807) is 11.0 Å². The molecule has 0 spiro atoms. The molecule has 0 aliphatic carbocycles. The summed E-state index contributed by atoms with van der Waals surface area (Å²) < 4.78 is 5.71. The van der Waals surface area contributed by atoms with E-state index in [1.165, 1.54) is 7.11 Å². The average Bonchev–Trinajstić information content (AvgIpc) is 2.50. The maximum atomic E-state index is 11.7. The molecule has 1 heterocycles. The Morgan fingerprint density at radius 1 is 1.53 bits per heavy atom. The fourth-order valence-electron chi connectivity index (χ4n) is 2.26. The van der Waals surface area contributed by atoms with Crippen LogP contribution in [-0.4, -0.2) is 19.7 Å². The third-order valence-electron chi connectivity index (χ3n) is 3.05. The molecule has 1 amide bonds. The van der Waals surface area contributed by atoms with Crippen LogP contribution in [0.4, 0.5) is 16.2 Å². The van der Waals surface area contributed by atoms with Crippen molar-refractivity contribution < 1.29 is 9.53 Å². The van der Waals surface area contributed by atoms with E-state index in [-0.39, 0.29) is 11.5 Å². The summed E-state index contributed by atoms with van der Waals surface area (Å²) in [6, 6.07) is 3.81. The number of hydrogen-bond donors (Lipinski definition) is 1. The van der Waals surface area contributed by atoms with Crippen molar-refractivity contribution in [2.24, 2.45) is 0 Å². The highest BCUT2D eigenvalue weighted by Crippen LogP contribution is 2.45. The number of carbonyl (C=O) groups is 1. The van der Waals surface area contributed by atoms with Gasteiger partial charge in [-0.25, -0.2) is 4.79 Å². The van der Waals surface area contributed by atoms with Crippen LogP contribution in [0.15, 0.2) is 16.6 Å². The van der Waals surface area contributed by atoms with Crippen molar-refractivity contribution in [3.05, 3.63) is 22.2 Å². The Morgan fingerprint density at radius 2 is 2.18 bits per heavy atom. The number of nitrogen functional groups attached to an aromatic ring is 1. The molecule has 17 heavy (non-hydrogen) atoms. The second kappa shape index (κ2) is 3.91. The molecule has 5 heteroatoms. The Kier molecular flexibility index (Phi) is 2.81. The summed E-state index contributed by atoms with van der Waals surface area (Å²) in [5.41, 5.74) is 8.30. The molecule has 0 aromatic heterocycles. The van der Waals surface area contributed by atoms with Gasteiger partial charge in [0, 0.05) is 16.4 Å². The number of hydrogen-bond acceptors (Lipinski definition) is 3. The van der Waals surface area contributed by atoms with Gasteiger partial charge in [0.25, 0.3) is 0 Å². The third-order valence-corrected chi connectivity index (χ3v) is 3.51. The monoisotopic (exact) mass is 298 g/mol. The molecular weight excluding hydrogens is 284 g/mol. The van der Waals surface area contributed by atoms with Crippen LogP contribution >= 0.6 is 15.9 Å². The van der Waals surface area contributed by atoms with Crippen molar-refractivity contribution in [1.82, 2.24) is 0 Å². The molecule has 0 fully saturated rings. The highest BCUT2D eigenvalue weighted by Gasteiger charge is 2.40. The number of methoxy groups -OCH3 is 1. The van der Waals surface area contributed by atoms with Gasteiger partial charge in [0.05, 0.1) is 18.5 Å². The predicted octanol–water partition coefficient (Wildman–Crippen LogP) is 2.90. The van der Waals surface area contributed by atoms with Gasteiger partial charge in [-0.2, -0.15) is 0 Å². The van der Waals surface area contributed by atoms with E-state index < -0.39 is 0 Å². The number of nitrogens with two attached hydrogens (primary N) is 1. The van der Waals surface area contributed by atoms with E-state index in [2.05, 4.69) is 29.8 Å². The van der Waals surface area contributed by atoms with Crippen LogP contribution in [0.3, 0.4) is 0 Å². The highest BCUT2D eigenvalue weighted by molar-refractivity contribution is 9.10. The molecular formula is C12H15BrN2O2. The molecule has 1 aliphatic rings. The highest BCUT2D eigenvalue weighted by atomic mass is 79.9. The molecule has 0 bridgehead atoms. The van der Waals surface area contributed by atoms with Crippen LogP contribution < -0.4 is 10.6 Å². The number of ether oxygens (including phenoxy) is 1. The summed E-state index contributed by atoms with van der Waals surface area (Å²) in [6.45, 7) is 4.75. The van der Waals surface area contributed by atoms with Crippen molar-refractivity contribution in [2.75, 3.05) is 24.3 Å². The minimum Gasteiger partial charge on any atom is -0.452 e. The number of benzene rings is 1. The zero-order valence-electron chi connectivity index (χ0n) is 10.1. The van der Waals surface area contributed by atoms with E-state index in [9.17, 15) is 4.79 Å². The van der Waals surface area contributed by atoms with Gasteiger partial charge in [0.2, 0.25) is 0 Å². The molecule has 0 saturated heterocycles. The van der Waals surface area contributed by atoms with E-state index in [0.717, 1.165) is 15.7 Å². The molecule has 0 atom stereocenters. The minimum absolute atomic E-state index is 0.124. The van der Waals surface area contributed by atoms with Gasteiger partial charge >= 0.3 is 6.09 Å². The zero-order valence-corrected chi connectivity index (χ0v) is 11.7. The maximum absolute atomic E-state index is 11.7. The molecule has 0 radical (unpaired) electrons. The van der Waals surface area contributed by atoms with Gasteiger partial charge in [0.1, 0.15) is 0 Å². The number of rotatable bonds is 0. The van der Waals surface area contributed by atoms with Crippen molar-refractivity contribution in [3.63, 3.8) is 0 Å². The van der Waals surface area contributed by atoms with Gasteiger partial charge in [-0.1, -0.05) is 29.8 Å². The lowest BCUT2D eigenvalue weighted by atomic mass is 9.87. The van der Waals surface area contributed by atoms with E-state index >= 15 is 0 Å². The van der Waals surface area contributed by atoms with Crippen LogP contribution in [0.5, 0.6) is 0 Å². The number of nitrogens with zero attached hydrogens (tertiary/aromatic N) is 1. The fraction of sp³-hybridized carbons (Fsp3) is 0.417. The summed E-state index contributed by atoms with van der Waals surface area (Å²) >= 11 is 3.43. The molecule has 1 aromatic carbocycles. The number of fused-ring (bicyclic) bond motifs is 1. The van der Waals surface area contributed by atoms with E-state index in [4.69, 9.17) is 10.5 Å². The first-order valence-electron chi connectivity index (χ1n) is 5.32. The SMILES string of the molecule is COC(=O)N1CC(C)(C)c2cc(Br)cc(N)c21. The Bertz CT molecular complexity index is 486. The van der Waals surface area contributed by atoms with Crippen LogP contribution in [0.25, 0.3) is 0 Å². The molecule has 0 saturated carbocycles. The van der Waals surface area contributed by atoms with Crippen LogP contribution in [0.2, 0.25) is 0 Å². The summed E-state index contributed by atoms with van der Waals surface area (Å²) in [4.78, 5) is 13.3. The predicted molar refractivity (Wildman–Crippen MR) is 71.3 cm³/mol. The normalized spacial score (nSPS) is 16.8. The average molecular weight is 299 g/mol. The quantitative estimate of drug-likeness (QED) is 0.749. The second-order valence-corrected chi connectivity index (χ2v) is 5.75. The number of amides is 1. The summed E-state index contributed by atoms with van der Waals surface area (Å²) in [6.07, 6.45) is -0.370. The molecule has 0 unspecified atom stereocenters. The van der Waals surface area contributed by atoms with Crippen LogP contribution in [-0.2, 0) is 10.2 Å². The van der Waals surface area contributed by atoms with Crippen LogP contribution in [0.1, 0.15) is 19.4 Å². The fourth-order valence-corrected chi connectivity index (χ4v) is 2.74. The topological polar surface area (TPSA) is 55.6 Å². The number of halogens is 1. The molecule has 2 rings (SSSR count). The molecule has 1 aliphatic heterocycles. The molecule has 2 N–H and O–H groups in total. The molecule has 4 nitrogen and oxygen atoms in total. The van der Waals surface area contributed by atoms with Gasteiger partial charge < -0.3 is 10.5 Å². The van der Waals surface area contributed by atoms with Gasteiger partial charge in [-0.3, -0.25) is 4.90 Å². The Morgan fingerprint density at radius 3 is 2.76 bits per heavy atom. The lowest BCUT2D eigenvalue weighted by molar-refractivity contribution is 0.178. The maximum Gasteiger partial charge on any atom is 0.414 e. The van der Waals surface area contributed by atoms with Gasteiger partial charge in [-0.05, 0) is 17.7 Å². The van der Waals surface area contributed by atoms with E-state index in [0.29, 0.717) is 12.2 Å². The summed E-state index contributed by atoms with van der Waals surface area (Å²) in [7, 11) is 1.38. The molecule has 1 aromatic rings. The van der Waals surface area contributed by atoms with E-state index in [1.807, 2.05) is 6.07 Å². The summed E-state index contributed by atoms with van der Waals surface area (Å²) in [5.74, 6) is 0. The lowest BCUT2D eigenvalue weighted by Crippen LogP contribution is -2.33. The Hall–Kier alpha value is -1.23. The third kappa shape index (κ3) is 1.88. The first kappa shape index (κ1) is 12.2. The smallest absolute Gasteiger partial charge is 0.414 e. The minimum atomic E-state index is -0.370. The number of carbonyl (C=O) groups excluding carboxylic acids is 1. The lowest BCUT2D eigenvalue weighted by Gasteiger charge is -2.19. The van der Waals surface area contributed by atoms with Crippen molar-refractivity contribution in [2.45, 2.75) is 19.3 Å². The summed E-state index contributed by atoms with van der Waals surface area (Å²) in [5, 5.41) is 0. The van der Waals surface area contributed by atoms with Gasteiger partial charge in [0.15, 0.2) is 0 Å².